The number of carbonyl (C=O) groups is 1. The molecule has 4 aromatic rings. The molecule has 0 saturated carbocycles. The van der Waals surface area contributed by atoms with Gasteiger partial charge in [0.25, 0.3) is 0 Å². The van der Waals surface area contributed by atoms with E-state index in [1.54, 1.807) is 6.20 Å². The normalized spacial score (nSPS) is 15.3. The number of hydrogen-bond acceptors (Lipinski definition) is 8. The van der Waals surface area contributed by atoms with Crippen LogP contribution in [0.2, 0.25) is 5.02 Å². The predicted octanol–water partition coefficient (Wildman–Crippen LogP) is 5.43. The lowest BCUT2D eigenvalue weighted by atomic mass is 9.90. The molecule has 0 amide bonds. The molecule has 1 aromatic carbocycles. The second kappa shape index (κ2) is 12.5. The molecule has 0 N–H and O–H groups in total. The lowest BCUT2D eigenvalue weighted by Crippen LogP contribution is -2.45. The van der Waals surface area contributed by atoms with Gasteiger partial charge < -0.3 is 14.5 Å². The van der Waals surface area contributed by atoms with Crippen LogP contribution in [-0.2, 0) is 16.0 Å². The van der Waals surface area contributed by atoms with Crippen molar-refractivity contribution in [3.05, 3.63) is 71.5 Å². The summed E-state index contributed by atoms with van der Waals surface area (Å²) in [5.74, 6) is 1.54. The number of likely N-dealkylation sites (N-methyl/N-ethyl adjacent to an activating group) is 1. The Morgan fingerprint density at radius 2 is 1.88 bits per heavy atom. The molecule has 1 saturated heterocycles. The van der Waals surface area contributed by atoms with Gasteiger partial charge in [-0.2, -0.15) is 0 Å². The maximum Gasteiger partial charge on any atom is 0.306 e. The highest BCUT2D eigenvalue weighted by atomic mass is 35.5. The minimum Gasteiger partial charge on any atom is -0.460 e. The topological polar surface area (TPSA) is 88.8 Å². The summed E-state index contributed by atoms with van der Waals surface area (Å²) >= 11 is 6.35. The molecule has 0 radical (unpaired) electrons. The lowest BCUT2D eigenvalue weighted by Gasteiger charge is -2.33. The van der Waals surface area contributed by atoms with Crippen molar-refractivity contribution < 1.29 is 9.53 Å². The number of imidazole rings is 1. The molecular formula is C31H38ClN7O2. The van der Waals surface area contributed by atoms with Crippen LogP contribution in [-0.4, -0.2) is 74.0 Å². The number of rotatable bonds is 9. The van der Waals surface area contributed by atoms with E-state index >= 15 is 0 Å². The van der Waals surface area contributed by atoms with E-state index in [1.165, 1.54) is 0 Å². The number of fused-ring (bicyclic) bond motifs is 1. The molecule has 41 heavy (non-hydrogen) atoms. The van der Waals surface area contributed by atoms with Crippen LogP contribution in [0.4, 0.5) is 5.82 Å². The minimum atomic E-state index is -0.489. The van der Waals surface area contributed by atoms with Crippen LogP contribution < -0.4 is 4.90 Å². The van der Waals surface area contributed by atoms with Crippen LogP contribution in [0.15, 0.2) is 55.1 Å². The van der Waals surface area contributed by atoms with Crippen molar-refractivity contribution in [1.29, 1.82) is 0 Å². The summed E-state index contributed by atoms with van der Waals surface area (Å²) in [5.41, 5.74) is 3.14. The maximum absolute atomic E-state index is 12.3. The van der Waals surface area contributed by atoms with Gasteiger partial charge in [0.05, 0.1) is 17.6 Å². The van der Waals surface area contributed by atoms with Gasteiger partial charge in [0.1, 0.15) is 11.4 Å². The van der Waals surface area contributed by atoms with Gasteiger partial charge in [-0.3, -0.25) is 9.20 Å². The van der Waals surface area contributed by atoms with Gasteiger partial charge in [0, 0.05) is 62.6 Å². The fraction of sp³-hybridized carbons (Fsp3) is 0.452. The van der Waals surface area contributed by atoms with E-state index in [2.05, 4.69) is 37.3 Å². The van der Waals surface area contributed by atoms with E-state index in [1.807, 2.05) is 63.6 Å². The largest absolute Gasteiger partial charge is 0.460 e. The summed E-state index contributed by atoms with van der Waals surface area (Å²) in [4.78, 5) is 35.9. The Kier molecular flexibility index (Phi) is 8.85. The van der Waals surface area contributed by atoms with Gasteiger partial charge in [-0.25, -0.2) is 19.9 Å². The zero-order valence-corrected chi connectivity index (χ0v) is 25.0. The molecule has 1 aliphatic rings. The Hall–Kier alpha value is -3.56. The first-order valence-electron chi connectivity index (χ1n) is 14.2. The molecule has 4 heterocycles. The second-order valence-electron chi connectivity index (χ2n) is 11.7. The Morgan fingerprint density at radius 1 is 1.07 bits per heavy atom. The number of aromatic nitrogens is 5. The average molecular weight is 576 g/mol. The van der Waals surface area contributed by atoms with Gasteiger partial charge in [-0.1, -0.05) is 23.7 Å². The van der Waals surface area contributed by atoms with Crippen molar-refractivity contribution in [2.24, 2.45) is 0 Å². The first-order chi connectivity index (χ1) is 19.7. The van der Waals surface area contributed by atoms with Crippen molar-refractivity contribution in [2.75, 3.05) is 38.1 Å². The van der Waals surface area contributed by atoms with Crippen molar-refractivity contribution in [3.63, 3.8) is 0 Å². The molecule has 0 aliphatic carbocycles. The minimum absolute atomic E-state index is 0.0987. The maximum atomic E-state index is 12.3. The van der Waals surface area contributed by atoms with Crippen molar-refractivity contribution in [3.8, 4) is 11.4 Å². The molecule has 5 rings (SSSR count). The fourth-order valence-electron chi connectivity index (χ4n) is 5.23. The van der Waals surface area contributed by atoms with E-state index in [-0.39, 0.29) is 11.9 Å². The first-order valence-corrected chi connectivity index (χ1v) is 14.6. The molecule has 0 bridgehead atoms. The van der Waals surface area contributed by atoms with Gasteiger partial charge in [-0.15, -0.1) is 0 Å². The zero-order valence-electron chi connectivity index (χ0n) is 24.3. The van der Waals surface area contributed by atoms with Crippen molar-refractivity contribution in [1.82, 2.24) is 29.2 Å². The number of anilines is 1. The average Bonchev–Trinajstić information content (AvgIpc) is 3.37. The Balaban J connectivity index is 1.36. The van der Waals surface area contributed by atoms with E-state index in [9.17, 15) is 4.79 Å². The third-order valence-electron chi connectivity index (χ3n) is 7.28. The van der Waals surface area contributed by atoms with Gasteiger partial charge in [0.2, 0.25) is 0 Å². The van der Waals surface area contributed by atoms with Crippen LogP contribution >= 0.6 is 11.6 Å². The van der Waals surface area contributed by atoms with Crippen molar-refractivity contribution in [2.45, 2.75) is 58.0 Å². The molecule has 1 fully saturated rings. The first kappa shape index (κ1) is 29.0. The summed E-state index contributed by atoms with van der Waals surface area (Å²) in [5, 5.41) is 0.685. The van der Waals surface area contributed by atoms with E-state index in [0.717, 1.165) is 66.8 Å². The monoisotopic (exact) mass is 575 g/mol. The van der Waals surface area contributed by atoms with E-state index in [0.29, 0.717) is 24.3 Å². The molecule has 0 spiro atoms. The summed E-state index contributed by atoms with van der Waals surface area (Å²) in [6.45, 7) is 9.49. The summed E-state index contributed by atoms with van der Waals surface area (Å²) in [7, 11) is 2.14. The third-order valence-corrected chi connectivity index (χ3v) is 7.52. The number of ether oxygens (including phenoxy) is 1. The fourth-order valence-corrected chi connectivity index (χ4v) is 5.43. The van der Waals surface area contributed by atoms with E-state index in [4.69, 9.17) is 26.3 Å². The quantitative estimate of drug-likeness (QED) is 0.244. The number of benzene rings is 1. The molecule has 9 nitrogen and oxygen atoms in total. The van der Waals surface area contributed by atoms with Gasteiger partial charge in [0.15, 0.2) is 11.5 Å². The number of piperazine rings is 1. The number of halogens is 1. The highest BCUT2D eigenvalue weighted by Crippen LogP contribution is 2.29. The summed E-state index contributed by atoms with van der Waals surface area (Å²) in [6, 6.07) is 9.81. The molecule has 1 aliphatic heterocycles. The number of esters is 1. The zero-order chi connectivity index (χ0) is 29.0. The number of carbonyl (C=O) groups excluding carboxylic acids is 1. The van der Waals surface area contributed by atoms with Crippen LogP contribution in [0.3, 0.4) is 0 Å². The molecular weight excluding hydrogens is 538 g/mol. The van der Waals surface area contributed by atoms with E-state index < -0.39 is 5.60 Å². The van der Waals surface area contributed by atoms with Gasteiger partial charge in [-0.05, 0) is 70.3 Å². The van der Waals surface area contributed by atoms with Crippen LogP contribution in [0.5, 0.6) is 0 Å². The third kappa shape index (κ3) is 7.40. The molecule has 216 valence electrons. The standard InChI is InChI=1S/C31H38ClN7O2/c1-31(2,3)41-28(40)10-6-8-23(22-7-5-9-24(32)19-22)20-27-33-12-11-25(36-27)26-21-35-30-29(34-13-14-39(26)30)38-17-15-37(4)16-18-38/h5,7,9,11-14,19,21,23H,6,8,10,15-18,20H2,1-4H3. The van der Waals surface area contributed by atoms with Crippen LogP contribution in [0, 0.1) is 0 Å². The SMILES string of the molecule is CN1CCN(c2nccn3c(-c4ccnc(CC(CCCC(=O)OC(C)(C)C)c5cccc(Cl)c5)n4)cnc23)CC1. The van der Waals surface area contributed by atoms with Crippen molar-refractivity contribution >= 4 is 29.0 Å². The lowest BCUT2D eigenvalue weighted by molar-refractivity contribution is -0.154. The molecule has 1 atom stereocenters. The highest BCUT2D eigenvalue weighted by molar-refractivity contribution is 6.30. The Bertz CT molecular complexity index is 1490. The van der Waals surface area contributed by atoms with Crippen LogP contribution in [0.1, 0.15) is 57.3 Å². The smallest absolute Gasteiger partial charge is 0.306 e. The summed E-state index contributed by atoms with van der Waals surface area (Å²) < 4.78 is 7.56. The number of hydrogen-bond donors (Lipinski definition) is 0. The summed E-state index contributed by atoms with van der Waals surface area (Å²) in [6.07, 6.45) is 9.88. The molecule has 10 heteroatoms. The highest BCUT2D eigenvalue weighted by Gasteiger charge is 2.22. The van der Waals surface area contributed by atoms with Crippen LogP contribution in [0.25, 0.3) is 17.0 Å². The number of nitrogens with zero attached hydrogens (tertiary/aromatic N) is 7. The Labute approximate surface area is 246 Å². The predicted molar refractivity (Wildman–Crippen MR) is 161 cm³/mol. The second-order valence-corrected chi connectivity index (χ2v) is 12.1. The van der Waals surface area contributed by atoms with Gasteiger partial charge >= 0.3 is 5.97 Å². The Morgan fingerprint density at radius 3 is 2.63 bits per heavy atom. The molecule has 1 unspecified atom stereocenters. The molecule has 3 aromatic heterocycles.